The molecule has 3 heterocycles. The highest BCUT2D eigenvalue weighted by atomic mass is 32.2. The van der Waals surface area contributed by atoms with Gasteiger partial charge in [-0.3, -0.25) is 4.55 Å². The number of nitrogens with zero attached hydrogens (tertiary/aromatic N) is 4. The topological polar surface area (TPSA) is 190 Å². The molecule has 4 aromatic rings. The lowest BCUT2D eigenvalue weighted by molar-refractivity contribution is 0.0527. The van der Waals surface area contributed by atoms with Crippen LogP contribution in [0, 0.1) is 0 Å². The smallest absolute Gasteiger partial charge is 0.407 e. The van der Waals surface area contributed by atoms with Gasteiger partial charge in [0, 0.05) is 72.2 Å². The van der Waals surface area contributed by atoms with E-state index in [9.17, 15) is 30.7 Å². The molecule has 0 radical (unpaired) electrons. The van der Waals surface area contributed by atoms with Crippen LogP contribution in [0.1, 0.15) is 62.3 Å². The molecule has 16 heteroatoms. The van der Waals surface area contributed by atoms with E-state index in [1.807, 2.05) is 58.2 Å². The molecule has 0 fully saturated rings. The predicted molar refractivity (Wildman–Crippen MR) is 208 cm³/mol. The second kappa shape index (κ2) is 15.1. The van der Waals surface area contributed by atoms with Gasteiger partial charge >= 0.3 is 6.09 Å². The molecule has 3 aliphatic heterocycles. The second-order valence-electron chi connectivity index (χ2n) is 15.1. The molecule has 0 spiro atoms. The van der Waals surface area contributed by atoms with E-state index in [4.69, 9.17) is 9.47 Å². The third-order valence-electron chi connectivity index (χ3n) is 9.89. The molecule has 0 atom stereocenters. The van der Waals surface area contributed by atoms with Crippen molar-refractivity contribution in [3.63, 3.8) is 0 Å². The monoisotopic (exact) mass is 801 g/mol. The van der Waals surface area contributed by atoms with Crippen LogP contribution in [0.2, 0.25) is 0 Å². The van der Waals surface area contributed by atoms with Gasteiger partial charge in [0.25, 0.3) is 10.1 Å². The number of nitrogens with one attached hydrogen (secondary N) is 1. The Balaban J connectivity index is 1.21. The highest BCUT2D eigenvalue weighted by molar-refractivity contribution is 7.86. The molecule has 4 aromatic carbocycles. The first-order valence-corrected chi connectivity index (χ1v) is 21.2. The third kappa shape index (κ3) is 8.33. The molecule has 56 heavy (non-hydrogen) atoms. The lowest BCUT2D eigenvalue weighted by atomic mass is 9.87. The van der Waals surface area contributed by atoms with E-state index in [2.05, 4.69) is 25.0 Å². The number of carbonyl (C=O) groups excluding carboxylic acids is 1. The number of anilines is 1. The summed E-state index contributed by atoms with van der Waals surface area (Å²) in [6.45, 7) is 8.45. The Labute approximate surface area is 325 Å². The second-order valence-corrected chi connectivity index (χ2v) is 17.9. The fraction of sp³-hybridized carbons (Fsp3) is 0.350. The highest BCUT2D eigenvalue weighted by Gasteiger charge is 2.32. The zero-order chi connectivity index (χ0) is 40.0. The first kappa shape index (κ1) is 39.1. The Kier molecular flexibility index (Phi) is 10.5. The van der Waals surface area contributed by atoms with E-state index in [0.29, 0.717) is 64.8 Å². The zero-order valence-corrected chi connectivity index (χ0v) is 33.2. The molecule has 0 bridgehead atoms. The van der Waals surface area contributed by atoms with E-state index in [1.54, 1.807) is 18.2 Å². The van der Waals surface area contributed by atoms with Crippen LogP contribution in [0.5, 0.6) is 11.5 Å². The van der Waals surface area contributed by atoms with E-state index in [-0.39, 0.29) is 5.56 Å². The van der Waals surface area contributed by atoms with Crippen molar-refractivity contribution in [2.45, 2.75) is 68.3 Å². The summed E-state index contributed by atoms with van der Waals surface area (Å²) >= 11 is 0. The maximum Gasteiger partial charge on any atom is 0.407 e. The maximum atomic E-state index is 12.7. The SMILES string of the molecule is CN(CCCNC(=O)OC(C)(C)C)c1ccc(N=Nc2ccc3c(c2)Oc2c4c5c(cc2=C3c2ccc(S(=O)(=O)O)cc2S(=O)(=O)[O-])CCC[N+]=5CCC4)cc1. The quantitative estimate of drug-likeness (QED) is 0.0807. The fourth-order valence-corrected chi connectivity index (χ4v) is 8.75. The molecule has 2 N–H and O–H groups in total. The van der Waals surface area contributed by atoms with Crippen LogP contribution in [-0.2, 0) is 37.8 Å². The Morgan fingerprint density at radius 3 is 2.32 bits per heavy atom. The number of amides is 1. The molecule has 0 aliphatic carbocycles. The summed E-state index contributed by atoms with van der Waals surface area (Å²) in [4.78, 5) is 12.5. The van der Waals surface area contributed by atoms with E-state index in [1.165, 1.54) is 6.07 Å². The lowest BCUT2D eigenvalue weighted by Gasteiger charge is -2.27. The minimum atomic E-state index is -5.22. The molecule has 7 rings (SSSR count). The Hall–Kier alpha value is -5.16. The largest absolute Gasteiger partial charge is 0.744 e. The Morgan fingerprint density at radius 1 is 0.946 bits per heavy atom. The third-order valence-corrected chi connectivity index (χ3v) is 11.6. The van der Waals surface area contributed by atoms with Gasteiger partial charge in [-0.2, -0.15) is 18.6 Å². The van der Waals surface area contributed by atoms with Gasteiger partial charge in [-0.25, -0.2) is 17.8 Å². The summed E-state index contributed by atoms with van der Waals surface area (Å²) in [6.07, 6.45) is 3.65. The van der Waals surface area contributed by atoms with Gasteiger partial charge in [0.05, 0.1) is 26.7 Å². The van der Waals surface area contributed by atoms with Crippen molar-refractivity contribution in [1.29, 1.82) is 0 Å². The van der Waals surface area contributed by atoms with Gasteiger partial charge in [-0.15, -0.1) is 0 Å². The minimum Gasteiger partial charge on any atom is -0.744 e. The molecule has 294 valence electrons. The normalized spacial score (nSPS) is 15.1. The van der Waals surface area contributed by atoms with Gasteiger partial charge in [0.15, 0.2) is 0 Å². The Bertz CT molecular complexity index is 2620. The van der Waals surface area contributed by atoms with Crippen molar-refractivity contribution in [1.82, 2.24) is 9.89 Å². The van der Waals surface area contributed by atoms with Gasteiger partial charge in [-0.1, -0.05) is 6.07 Å². The van der Waals surface area contributed by atoms with E-state index in [0.717, 1.165) is 67.0 Å². The first-order valence-electron chi connectivity index (χ1n) is 18.4. The summed E-state index contributed by atoms with van der Waals surface area (Å²) in [5, 5.41) is 13.4. The lowest BCUT2D eigenvalue weighted by Crippen LogP contribution is -2.45. The average molecular weight is 802 g/mol. The van der Waals surface area contributed by atoms with Crippen molar-refractivity contribution in [3.05, 3.63) is 99.6 Å². The fourth-order valence-electron chi connectivity index (χ4n) is 7.46. The van der Waals surface area contributed by atoms with Crippen LogP contribution in [0.25, 0.3) is 5.57 Å². The average Bonchev–Trinajstić information content (AvgIpc) is 3.13. The van der Waals surface area contributed by atoms with E-state index >= 15 is 0 Å². The molecular formula is C40H43N5O9S2. The number of benzene rings is 4. The summed E-state index contributed by atoms with van der Waals surface area (Å²) in [6, 6.07) is 17.7. The number of fused-ring (bicyclic) bond motifs is 3. The summed E-state index contributed by atoms with van der Waals surface area (Å²) < 4.78 is 86.2. The molecule has 0 unspecified atom stereocenters. The molecule has 3 aliphatic rings. The number of hydrogen-bond acceptors (Lipinski definition) is 11. The van der Waals surface area contributed by atoms with Crippen LogP contribution in [0.3, 0.4) is 0 Å². The number of hydrogen-bond donors (Lipinski definition) is 2. The highest BCUT2D eigenvalue weighted by Crippen LogP contribution is 2.42. The molecule has 1 amide bonds. The predicted octanol–water partition coefficient (Wildman–Crippen LogP) is 5.34. The van der Waals surface area contributed by atoms with Gasteiger partial charge in [0.2, 0.25) is 5.36 Å². The summed E-state index contributed by atoms with van der Waals surface area (Å²) in [5.41, 5.74) is 4.40. The van der Waals surface area contributed by atoms with Crippen LogP contribution in [0.15, 0.2) is 86.7 Å². The van der Waals surface area contributed by atoms with Crippen LogP contribution >= 0.6 is 0 Å². The maximum absolute atomic E-state index is 12.7. The van der Waals surface area contributed by atoms with Crippen molar-refractivity contribution in [2.75, 3.05) is 38.1 Å². The van der Waals surface area contributed by atoms with Crippen molar-refractivity contribution in [3.8, 4) is 11.5 Å². The van der Waals surface area contributed by atoms with Gasteiger partial charge < -0.3 is 24.2 Å². The number of ether oxygens (including phenoxy) is 2. The molecule has 0 aromatic heterocycles. The number of carbonyl (C=O) groups is 1. The molecule has 14 nitrogen and oxygen atoms in total. The van der Waals surface area contributed by atoms with Crippen LogP contribution in [-0.4, -0.2) is 70.9 Å². The van der Waals surface area contributed by atoms with Crippen molar-refractivity contribution >= 4 is 49.0 Å². The van der Waals surface area contributed by atoms with Gasteiger partial charge in [0.1, 0.15) is 40.3 Å². The number of aryl methyl sites for hydroxylation is 1. The number of alkyl carbamates (subject to hydrolysis) is 1. The zero-order valence-electron chi connectivity index (χ0n) is 31.5. The minimum absolute atomic E-state index is 0.00689. The summed E-state index contributed by atoms with van der Waals surface area (Å²) in [7, 11) is -8.08. The van der Waals surface area contributed by atoms with Gasteiger partial charge in [-0.05, 0) is 94.6 Å². The number of rotatable bonds is 10. The van der Waals surface area contributed by atoms with Crippen molar-refractivity contribution in [2.24, 2.45) is 10.2 Å². The standard InChI is InChI=1S/C40H43N5O9S2/c1-40(2,3)54-39(46)41-18-7-19-44(4)28-13-10-26(11-14-28)42-43-27-12-16-30-34(23-27)53-38-32-9-6-21-45-20-5-8-25(37(32)45)22-33(38)36(30)31-17-15-29(55(47,48)49)24-35(31)56(50,51)52/h10-17,22-24H,5-9,18-21H2,1-4H3,(H2-,41,46,47,48,49,50,51,52). The molecular weight excluding hydrogens is 759 g/mol. The van der Waals surface area contributed by atoms with E-state index < -0.39 is 41.7 Å². The van der Waals surface area contributed by atoms with Crippen LogP contribution < -0.4 is 30.1 Å². The first-order chi connectivity index (χ1) is 26.5. The molecule has 0 saturated heterocycles. The van der Waals surface area contributed by atoms with Crippen molar-refractivity contribution < 1.29 is 40.2 Å². The van der Waals surface area contributed by atoms with Crippen LogP contribution in [0.4, 0.5) is 21.9 Å². The Morgan fingerprint density at radius 2 is 1.62 bits per heavy atom. The summed E-state index contributed by atoms with van der Waals surface area (Å²) in [5.74, 6) is 0.902. The molecule has 0 saturated carbocycles. The number of azo groups is 1.